The fourth-order valence-corrected chi connectivity index (χ4v) is 5.43. The summed E-state index contributed by atoms with van der Waals surface area (Å²) in [7, 11) is 9.40. The predicted molar refractivity (Wildman–Crippen MR) is 185 cm³/mol. The van der Waals surface area contributed by atoms with E-state index in [0.717, 1.165) is 48.5 Å². The van der Waals surface area contributed by atoms with E-state index in [9.17, 15) is 0 Å². The maximum absolute atomic E-state index is 5.16. The van der Waals surface area contributed by atoms with E-state index in [2.05, 4.69) is 103 Å². The molecule has 0 radical (unpaired) electrons. The number of aliphatic imine (C=N–C) groups is 2. The molecule has 0 amide bonds. The molecule has 3 aromatic rings. The SMILES string of the molecule is CCCCCCc1cc(N=C(CC)C(C)=Nc2cc(CC)c(CCCC)c(-c3ccccc3)c2)cc(C)c1C.[Cl][Ni][Cl]. The van der Waals surface area contributed by atoms with Crippen LogP contribution in [0.5, 0.6) is 0 Å². The van der Waals surface area contributed by atoms with Crippen LogP contribution in [0.25, 0.3) is 11.1 Å². The van der Waals surface area contributed by atoms with E-state index in [1.807, 2.05) is 0 Å². The number of halogens is 2. The van der Waals surface area contributed by atoms with Gasteiger partial charge in [-0.3, -0.25) is 9.98 Å². The van der Waals surface area contributed by atoms with Crippen molar-refractivity contribution >= 4 is 43.2 Å². The molecule has 0 spiro atoms. The molecule has 0 aliphatic carbocycles. The van der Waals surface area contributed by atoms with Gasteiger partial charge >= 0.3 is 33.0 Å². The molecule has 42 heavy (non-hydrogen) atoms. The zero-order chi connectivity index (χ0) is 30.9. The maximum atomic E-state index is 5.16. The number of hydrogen-bond acceptors (Lipinski definition) is 2. The van der Waals surface area contributed by atoms with Crippen LogP contribution in [0.1, 0.15) is 107 Å². The van der Waals surface area contributed by atoms with E-state index in [-0.39, 0.29) is 0 Å². The fourth-order valence-electron chi connectivity index (χ4n) is 5.43. The second-order valence-corrected chi connectivity index (χ2v) is 12.6. The summed E-state index contributed by atoms with van der Waals surface area (Å²) >= 11 is 0.569. The van der Waals surface area contributed by atoms with Crippen molar-refractivity contribution in [1.29, 1.82) is 0 Å². The van der Waals surface area contributed by atoms with Gasteiger partial charge in [0.05, 0.1) is 22.8 Å². The molecule has 0 saturated carbocycles. The normalized spacial score (nSPS) is 11.9. The first-order valence-corrected chi connectivity index (χ1v) is 18.3. The van der Waals surface area contributed by atoms with Gasteiger partial charge in [-0.1, -0.05) is 83.7 Å². The van der Waals surface area contributed by atoms with Crippen molar-refractivity contribution in [2.45, 2.75) is 113 Å². The molecule has 0 aliphatic heterocycles. The summed E-state index contributed by atoms with van der Waals surface area (Å²) in [5.74, 6) is 0. The van der Waals surface area contributed by atoms with E-state index in [4.69, 9.17) is 30.4 Å². The average molecular weight is 652 g/mol. The molecule has 0 aliphatic rings. The van der Waals surface area contributed by atoms with Crippen molar-refractivity contribution in [1.82, 2.24) is 0 Å². The molecule has 0 atom stereocenters. The molecule has 0 saturated heterocycles. The Morgan fingerprint density at radius 2 is 1.38 bits per heavy atom. The summed E-state index contributed by atoms with van der Waals surface area (Å²) in [5, 5.41) is 0. The van der Waals surface area contributed by atoms with Crippen LogP contribution >= 0.6 is 20.4 Å². The van der Waals surface area contributed by atoms with Crippen LogP contribution in [-0.4, -0.2) is 11.4 Å². The van der Waals surface area contributed by atoms with Crippen molar-refractivity contribution in [3.05, 3.63) is 82.4 Å². The second kappa shape index (κ2) is 20.1. The molecule has 3 rings (SSSR count). The van der Waals surface area contributed by atoms with Crippen molar-refractivity contribution in [2.24, 2.45) is 9.98 Å². The van der Waals surface area contributed by atoms with Crippen molar-refractivity contribution < 1.29 is 12.7 Å². The molecule has 3 aromatic carbocycles. The van der Waals surface area contributed by atoms with Crippen molar-refractivity contribution in [3.63, 3.8) is 0 Å². The van der Waals surface area contributed by atoms with Gasteiger partial charge in [-0.05, 0) is 123 Å². The Kier molecular flexibility index (Phi) is 17.4. The summed E-state index contributed by atoms with van der Waals surface area (Å²) in [5.41, 5.74) is 13.8. The van der Waals surface area contributed by atoms with Crippen LogP contribution < -0.4 is 0 Å². The molecular formula is C37H50Cl2N2Ni. The molecule has 0 fully saturated rings. The monoisotopic (exact) mass is 650 g/mol. The third-order valence-electron chi connectivity index (χ3n) is 7.95. The molecule has 0 aromatic heterocycles. The van der Waals surface area contributed by atoms with Gasteiger partial charge in [-0.15, -0.1) is 0 Å². The quantitative estimate of drug-likeness (QED) is 0.0941. The van der Waals surface area contributed by atoms with Crippen molar-refractivity contribution in [3.8, 4) is 11.1 Å². The van der Waals surface area contributed by atoms with Crippen LogP contribution in [0.3, 0.4) is 0 Å². The van der Waals surface area contributed by atoms with Crippen LogP contribution in [0.4, 0.5) is 11.4 Å². The zero-order valence-corrected chi connectivity index (χ0v) is 29.2. The van der Waals surface area contributed by atoms with Crippen LogP contribution in [0, 0.1) is 13.8 Å². The molecule has 5 heteroatoms. The van der Waals surface area contributed by atoms with Gasteiger partial charge in [0.25, 0.3) is 0 Å². The summed E-state index contributed by atoms with van der Waals surface area (Å²) < 4.78 is 0. The predicted octanol–water partition coefficient (Wildman–Crippen LogP) is 12.6. The number of rotatable bonds is 14. The van der Waals surface area contributed by atoms with Crippen molar-refractivity contribution in [2.75, 3.05) is 0 Å². The molecule has 0 bridgehead atoms. The standard InChI is InChI=1S/C37H50N2.2ClH.Ni/c1-8-12-14-16-21-32-25-33(23-27(5)28(32)6)39-37(11-4)29(7)38-34-24-30(10-3)35(22-13-9-2)36(26-34)31-19-17-15-18-20-31;;;/h15,17-20,23-26H,8-14,16,21-22H2,1-7H3;2*1H;/q;;;+2/p-2. The van der Waals surface area contributed by atoms with E-state index in [1.54, 1.807) is 0 Å². The van der Waals surface area contributed by atoms with Gasteiger partial charge < -0.3 is 0 Å². The van der Waals surface area contributed by atoms with Gasteiger partial charge in [-0.25, -0.2) is 0 Å². The minimum absolute atomic E-state index is 0.569. The Morgan fingerprint density at radius 1 is 0.738 bits per heavy atom. The van der Waals surface area contributed by atoms with E-state index in [1.165, 1.54) is 77.5 Å². The van der Waals surface area contributed by atoms with Gasteiger partial charge in [0.1, 0.15) is 0 Å². The molecular weight excluding hydrogens is 602 g/mol. The Balaban J connectivity index is 0.00000197. The van der Waals surface area contributed by atoms with Gasteiger partial charge in [0, 0.05) is 0 Å². The number of unbranched alkanes of at least 4 members (excludes halogenated alkanes) is 4. The zero-order valence-electron chi connectivity index (χ0n) is 26.7. The van der Waals surface area contributed by atoms with Gasteiger partial charge in [0.2, 0.25) is 0 Å². The first-order valence-electron chi connectivity index (χ1n) is 15.6. The third-order valence-corrected chi connectivity index (χ3v) is 7.95. The number of benzene rings is 3. The van der Waals surface area contributed by atoms with Gasteiger partial charge in [-0.2, -0.15) is 0 Å². The van der Waals surface area contributed by atoms with E-state index in [0.29, 0.717) is 12.7 Å². The van der Waals surface area contributed by atoms with Crippen LogP contribution in [0.15, 0.2) is 64.6 Å². The first-order chi connectivity index (χ1) is 20.3. The van der Waals surface area contributed by atoms with E-state index >= 15 is 0 Å². The first kappa shape index (κ1) is 36.3. The molecule has 0 N–H and O–H groups in total. The molecule has 0 unspecified atom stereocenters. The summed E-state index contributed by atoms with van der Waals surface area (Å²) in [6.07, 6.45) is 11.7. The number of nitrogens with zero attached hydrogens (tertiary/aromatic N) is 2. The summed E-state index contributed by atoms with van der Waals surface area (Å²) in [6, 6.07) is 20.0. The topological polar surface area (TPSA) is 24.7 Å². The Bertz CT molecular complexity index is 1300. The Hall–Kier alpha value is -1.93. The molecule has 2 nitrogen and oxygen atoms in total. The van der Waals surface area contributed by atoms with Crippen LogP contribution in [0.2, 0.25) is 0 Å². The Morgan fingerprint density at radius 3 is 2.00 bits per heavy atom. The fraction of sp³-hybridized carbons (Fsp3) is 0.459. The summed E-state index contributed by atoms with van der Waals surface area (Å²) in [6.45, 7) is 15.6. The molecule has 0 heterocycles. The van der Waals surface area contributed by atoms with Gasteiger partial charge in [0.15, 0.2) is 0 Å². The third kappa shape index (κ3) is 11.3. The minimum atomic E-state index is 0.569. The average Bonchev–Trinajstić information content (AvgIpc) is 2.99. The second-order valence-electron chi connectivity index (χ2n) is 11.0. The summed E-state index contributed by atoms with van der Waals surface area (Å²) in [4.78, 5) is 10.3. The Labute approximate surface area is 270 Å². The number of hydrogen-bond donors (Lipinski definition) is 0. The molecule has 232 valence electrons. The van der Waals surface area contributed by atoms with E-state index < -0.39 is 0 Å². The number of aryl methyl sites for hydroxylation is 3. The van der Waals surface area contributed by atoms with Crippen LogP contribution in [-0.2, 0) is 31.9 Å².